The van der Waals surface area contributed by atoms with Crippen molar-refractivity contribution in [2.45, 2.75) is 32.4 Å². The Hall–Kier alpha value is 0.1000. The van der Waals surface area contributed by atoms with Gasteiger partial charge in [-0.2, -0.15) is 0 Å². The fourth-order valence-corrected chi connectivity index (χ4v) is 3.93. The highest BCUT2D eigenvalue weighted by atomic mass is 79.9. The van der Waals surface area contributed by atoms with Gasteiger partial charge in [-0.15, -0.1) is 11.3 Å². The Morgan fingerprint density at radius 2 is 2.47 bits per heavy atom. The topological polar surface area (TPSA) is 15.3 Å². The van der Waals surface area contributed by atoms with Crippen molar-refractivity contribution >= 4 is 27.3 Å². The van der Waals surface area contributed by atoms with E-state index in [9.17, 15) is 0 Å². The van der Waals surface area contributed by atoms with E-state index >= 15 is 0 Å². The van der Waals surface area contributed by atoms with Gasteiger partial charge in [0.15, 0.2) is 0 Å². The zero-order valence-electron chi connectivity index (χ0n) is 10.6. The molecule has 1 aromatic heterocycles. The Labute approximate surface area is 117 Å². The van der Waals surface area contributed by atoms with E-state index in [-0.39, 0.29) is 0 Å². The van der Waals surface area contributed by atoms with Crippen molar-refractivity contribution in [1.29, 1.82) is 0 Å². The summed E-state index contributed by atoms with van der Waals surface area (Å²) in [5.41, 5.74) is 0. The summed E-state index contributed by atoms with van der Waals surface area (Å²) in [5, 5.41) is 5.81. The maximum absolute atomic E-state index is 3.67. The fraction of sp³-hybridized carbons (Fsp3) is 0.692. The van der Waals surface area contributed by atoms with Crippen molar-refractivity contribution in [3.63, 3.8) is 0 Å². The third-order valence-electron chi connectivity index (χ3n) is 3.64. The van der Waals surface area contributed by atoms with Gasteiger partial charge < -0.3 is 10.2 Å². The second kappa shape index (κ2) is 6.32. The summed E-state index contributed by atoms with van der Waals surface area (Å²) in [7, 11) is 2.23. The second-order valence-corrected chi connectivity index (χ2v) is 6.88. The minimum absolute atomic E-state index is 0.603. The fourth-order valence-electron chi connectivity index (χ4n) is 2.49. The van der Waals surface area contributed by atoms with Crippen LogP contribution in [0.25, 0.3) is 0 Å². The molecule has 2 nitrogen and oxygen atoms in total. The van der Waals surface area contributed by atoms with E-state index in [2.05, 4.69) is 51.6 Å². The molecule has 2 rings (SSSR count). The quantitative estimate of drug-likeness (QED) is 0.916. The van der Waals surface area contributed by atoms with Gasteiger partial charge in [0.2, 0.25) is 0 Å². The van der Waals surface area contributed by atoms with Crippen LogP contribution in [-0.2, 0) is 6.54 Å². The first-order valence-electron chi connectivity index (χ1n) is 6.30. The summed E-state index contributed by atoms with van der Waals surface area (Å²) >= 11 is 5.40. The molecule has 1 N–H and O–H groups in total. The number of piperidine rings is 1. The molecular formula is C13H21BrN2S. The SMILES string of the molecule is CC(NCc1sccc1Br)C1CCCN(C)C1. The van der Waals surface area contributed by atoms with Crippen LogP contribution in [0.3, 0.4) is 0 Å². The maximum Gasteiger partial charge on any atom is 0.0327 e. The van der Waals surface area contributed by atoms with Crippen molar-refractivity contribution in [2.75, 3.05) is 20.1 Å². The highest BCUT2D eigenvalue weighted by Crippen LogP contribution is 2.23. The van der Waals surface area contributed by atoms with Gasteiger partial charge in [0.05, 0.1) is 0 Å². The lowest BCUT2D eigenvalue weighted by Gasteiger charge is -2.33. The van der Waals surface area contributed by atoms with Crippen molar-refractivity contribution in [3.8, 4) is 0 Å². The number of nitrogens with zero attached hydrogens (tertiary/aromatic N) is 1. The Kier molecular flexibility index (Phi) is 5.03. The van der Waals surface area contributed by atoms with Gasteiger partial charge in [0, 0.05) is 28.5 Å². The molecule has 0 amide bonds. The molecule has 2 atom stereocenters. The van der Waals surface area contributed by atoms with Crippen molar-refractivity contribution in [3.05, 3.63) is 20.8 Å². The molecule has 0 aliphatic carbocycles. The predicted octanol–water partition coefficient (Wildman–Crippen LogP) is 3.33. The first-order chi connectivity index (χ1) is 8.16. The largest absolute Gasteiger partial charge is 0.309 e. The molecule has 0 spiro atoms. The van der Waals surface area contributed by atoms with Crippen LogP contribution in [0.15, 0.2) is 15.9 Å². The van der Waals surface area contributed by atoms with Crippen molar-refractivity contribution in [2.24, 2.45) is 5.92 Å². The van der Waals surface area contributed by atoms with Crippen LogP contribution in [0.4, 0.5) is 0 Å². The number of nitrogens with one attached hydrogen (secondary N) is 1. The molecule has 1 aliphatic heterocycles. The Morgan fingerprint density at radius 3 is 3.12 bits per heavy atom. The van der Waals surface area contributed by atoms with Gasteiger partial charge in [0.1, 0.15) is 0 Å². The normalized spacial score (nSPS) is 23.8. The third-order valence-corrected chi connectivity index (χ3v) is 5.57. The number of thiophene rings is 1. The van der Waals surface area contributed by atoms with E-state index in [0.717, 1.165) is 12.5 Å². The van der Waals surface area contributed by atoms with E-state index in [1.165, 1.54) is 35.3 Å². The van der Waals surface area contributed by atoms with Crippen LogP contribution in [0, 0.1) is 5.92 Å². The average Bonchev–Trinajstić information content (AvgIpc) is 2.72. The zero-order valence-corrected chi connectivity index (χ0v) is 13.0. The van der Waals surface area contributed by atoms with Gasteiger partial charge >= 0.3 is 0 Å². The monoisotopic (exact) mass is 316 g/mol. The average molecular weight is 317 g/mol. The summed E-state index contributed by atoms with van der Waals surface area (Å²) in [5.74, 6) is 0.799. The number of likely N-dealkylation sites (tertiary alicyclic amines) is 1. The summed E-state index contributed by atoms with van der Waals surface area (Å²) in [6.45, 7) is 5.81. The minimum atomic E-state index is 0.603. The van der Waals surface area contributed by atoms with Crippen molar-refractivity contribution < 1.29 is 0 Å². The molecule has 17 heavy (non-hydrogen) atoms. The molecule has 1 aromatic rings. The lowest BCUT2D eigenvalue weighted by atomic mass is 9.92. The third kappa shape index (κ3) is 3.78. The molecule has 96 valence electrons. The molecule has 1 fully saturated rings. The maximum atomic E-state index is 3.67. The van der Waals surface area contributed by atoms with Gasteiger partial charge in [-0.1, -0.05) is 0 Å². The van der Waals surface area contributed by atoms with Crippen LogP contribution < -0.4 is 5.32 Å². The molecule has 0 saturated carbocycles. The number of rotatable bonds is 4. The van der Waals surface area contributed by atoms with Crippen LogP contribution in [0.1, 0.15) is 24.6 Å². The molecular weight excluding hydrogens is 296 g/mol. The molecule has 4 heteroatoms. The number of hydrogen-bond acceptors (Lipinski definition) is 3. The minimum Gasteiger partial charge on any atom is -0.309 e. The number of hydrogen-bond donors (Lipinski definition) is 1. The summed E-state index contributed by atoms with van der Waals surface area (Å²) in [4.78, 5) is 3.86. The first-order valence-corrected chi connectivity index (χ1v) is 7.98. The van der Waals surface area contributed by atoms with E-state index in [4.69, 9.17) is 0 Å². The van der Waals surface area contributed by atoms with E-state index in [1.807, 2.05) is 11.3 Å². The highest BCUT2D eigenvalue weighted by molar-refractivity contribution is 9.10. The first kappa shape index (κ1) is 13.5. The van der Waals surface area contributed by atoms with Crippen molar-refractivity contribution in [1.82, 2.24) is 10.2 Å². The molecule has 0 aromatic carbocycles. The molecule has 1 aliphatic rings. The lowest BCUT2D eigenvalue weighted by Crippen LogP contribution is -2.42. The van der Waals surface area contributed by atoms with E-state index in [0.29, 0.717) is 6.04 Å². The van der Waals surface area contributed by atoms with E-state index in [1.54, 1.807) is 0 Å². The Bertz CT molecular complexity index is 353. The zero-order chi connectivity index (χ0) is 12.3. The predicted molar refractivity (Wildman–Crippen MR) is 78.5 cm³/mol. The smallest absolute Gasteiger partial charge is 0.0327 e. The standard InChI is InChI=1S/C13H21BrN2S/c1-10(11-4-3-6-16(2)9-11)15-8-13-12(14)5-7-17-13/h5,7,10-11,15H,3-4,6,8-9H2,1-2H3. The van der Waals surface area contributed by atoms with Crippen LogP contribution in [-0.4, -0.2) is 31.1 Å². The molecule has 1 saturated heterocycles. The summed E-state index contributed by atoms with van der Waals surface area (Å²) in [6.07, 6.45) is 2.71. The van der Waals surface area contributed by atoms with Gasteiger partial charge in [-0.25, -0.2) is 0 Å². The van der Waals surface area contributed by atoms with Crippen LogP contribution >= 0.6 is 27.3 Å². The van der Waals surface area contributed by atoms with Gasteiger partial charge in [0.25, 0.3) is 0 Å². The second-order valence-electron chi connectivity index (χ2n) is 5.03. The number of halogens is 1. The summed E-state index contributed by atoms with van der Waals surface area (Å²) < 4.78 is 1.24. The molecule has 2 unspecified atom stereocenters. The molecule has 2 heterocycles. The molecule has 0 radical (unpaired) electrons. The Morgan fingerprint density at radius 1 is 1.65 bits per heavy atom. The van der Waals surface area contributed by atoms with Crippen LogP contribution in [0.5, 0.6) is 0 Å². The van der Waals surface area contributed by atoms with Crippen LogP contribution in [0.2, 0.25) is 0 Å². The Balaban J connectivity index is 1.80. The summed E-state index contributed by atoms with van der Waals surface area (Å²) in [6, 6.07) is 2.73. The van der Waals surface area contributed by atoms with E-state index < -0.39 is 0 Å². The van der Waals surface area contributed by atoms with Gasteiger partial charge in [-0.05, 0) is 66.7 Å². The highest BCUT2D eigenvalue weighted by Gasteiger charge is 2.22. The lowest BCUT2D eigenvalue weighted by molar-refractivity contribution is 0.178. The van der Waals surface area contributed by atoms with Gasteiger partial charge in [-0.3, -0.25) is 0 Å². The molecule has 0 bridgehead atoms.